The second kappa shape index (κ2) is 3.63. The molecular weight excluding hydrogens is 258 g/mol. The van der Waals surface area contributed by atoms with E-state index in [9.17, 15) is 4.79 Å². The van der Waals surface area contributed by atoms with Crippen molar-refractivity contribution >= 4 is 21.7 Å². The van der Waals surface area contributed by atoms with Crippen molar-refractivity contribution < 1.29 is 0 Å². The van der Waals surface area contributed by atoms with Gasteiger partial charge in [0.05, 0.1) is 6.33 Å². The molecule has 0 atom stereocenters. The number of hydrogen-bond donors (Lipinski definition) is 2. The molecule has 5 heteroatoms. The summed E-state index contributed by atoms with van der Waals surface area (Å²) in [7, 11) is 0. The van der Waals surface area contributed by atoms with Crippen LogP contribution in [0.4, 0.5) is 5.82 Å². The Morgan fingerprint density at radius 1 is 1.60 bits per heavy atom. The monoisotopic (exact) mass is 271 g/mol. The average molecular weight is 272 g/mol. The average Bonchev–Trinajstić information content (AvgIpc) is 2.95. The molecule has 1 aromatic heterocycles. The lowest BCUT2D eigenvalue weighted by molar-refractivity contribution is 0.492. The fraction of sp³-hybridized carbons (Fsp3) is 0.600. The maximum atomic E-state index is 11.3. The predicted molar refractivity (Wildman–Crippen MR) is 63.0 cm³/mol. The summed E-state index contributed by atoms with van der Waals surface area (Å²) in [4.78, 5) is 18.0. The molecule has 0 aliphatic heterocycles. The van der Waals surface area contributed by atoms with Crippen LogP contribution in [0.1, 0.15) is 26.7 Å². The summed E-state index contributed by atoms with van der Waals surface area (Å²) in [5.41, 5.74) is -0.150. The predicted octanol–water partition coefficient (Wildman–Crippen LogP) is 2.13. The van der Waals surface area contributed by atoms with Gasteiger partial charge in [-0.15, -0.1) is 0 Å². The summed E-state index contributed by atoms with van der Waals surface area (Å²) in [5, 5.41) is 3.31. The molecule has 0 amide bonds. The molecular formula is C10H14BrN3O. The minimum atomic E-state index is -0.154. The highest BCUT2D eigenvalue weighted by Gasteiger charge is 2.38. The number of halogens is 1. The van der Waals surface area contributed by atoms with Gasteiger partial charge in [0.15, 0.2) is 0 Å². The van der Waals surface area contributed by atoms with Gasteiger partial charge in [0.2, 0.25) is 0 Å². The van der Waals surface area contributed by atoms with Crippen LogP contribution in [-0.2, 0) is 0 Å². The molecule has 1 fully saturated rings. The Balaban J connectivity index is 2.23. The fourth-order valence-electron chi connectivity index (χ4n) is 1.68. The van der Waals surface area contributed by atoms with Crippen molar-refractivity contribution in [2.45, 2.75) is 32.2 Å². The Labute approximate surface area is 96.6 Å². The first-order valence-corrected chi connectivity index (χ1v) is 5.81. The molecule has 1 heterocycles. The Morgan fingerprint density at radius 3 is 2.87 bits per heavy atom. The van der Waals surface area contributed by atoms with Gasteiger partial charge in [-0.05, 0) is 48.5 Å². The van der Waals surface area contributed by atoms with Crippen molar-refractivity contribution in [3.8, 4) is 0 Å². The van der Waals surface area contributed by atoms with Crippen molar-refractivity contribution in [3.05, 3.63) is 21.2 Å². The summed E-state index contributed by atoms with van der Waals surface area (Å²) < 4.78 is 0.471. The molecule has 82 valence electrons. The van der Waals surface area contributed by atoms with Crippen LogP contribution in [0.2, 0.25) is 0 Å². The number of aromatic amines is 1. The summed E-state index contributed by atoms with van der Waals surface area (Å²) in [6.07, 6.45) is 3.92. The zero-order chi connectivity index (χ0) is 11.1. The standard InChI is InChI=1S/C10H14BrN3O/c1-10(2,6-3-4-6)14-8-7(11)9(15)13-5-12-8/h5-6H,3-4H2,1-2H3,(H2,12,13,14,15). The van der Waals surface area contributed by atoms with E-state index in [1.165, 1.54) is 19.2 Å². The smallest absolute Gasteiger partial charge is 0.267 e. The first-order valence-electron chi connectivity index (χ1n) is 5.02. The van der Waals surface area contributed by atoms with E-state index in [1.54, 1.807) is 0 Å². The number of rotatable bonds is 3. The van der Waals surface area contributed by atoms with Crippen molar-refractivity contribution in [3.63, 3.8) is 0 Å². The van der Waals surface area contributed by atoms with Gasteiger partial charge in [0.25, 0.3) is 5.56 Å². The number of anilines is 1. The van der Waals surface area contributed by atoms with Gasteiger partial charge in [-0.1, -0.05) is 0 Å². The zero-order valence-corrected chi connectivity index (χ0v) is 10.4. The SMILES string of the molecule is CC(C)(Nc1nc[nH]c(=O)c1Br)C1CC1. The molecule has 2 rings (SSSR count). The van der Waals surface area contributed by atoms with Crippen LogP contribution < -0.4 is 10.9 Å². The summed E-state index contributed by atoms with van der Waals surface area (Å²) in [6.45, 7) is 4.28. The van der Waals surface area contributed by atoms with Crippen LogP contribution in [0.25, 0.3) is 0 Å². The molecule has 0 saturated heterocycles. The van der Waals surface area contributed by atoms with Crippen LogP contribution in [0, 0.1) is 5.92 Å². The van der Waals surface area contributed by atoms with Crippen LogP contribution in [-0.4, -0.2) is 15.5 Å². The second-order valence-electron chi connectivity index (χ2n) is 4.52. The Morgan fingerprint density at radius 2 is 2.27 bits per heavy atom. The lowest BCUT2D eigenvalue weighted by Crippen LogP contribution is -2.34. The van der Waals surface area contributed by atoms with E-state index < -0.39 is 0 Å². The van der Waals surface area contributed by atoms with Crippen LogP contribution >= 0.6 is 15.9 Å². The number of nitrogens with zero attached hydrogens (tertiary/aromatic N) is 1. The Bertz CT molecular complexity index is 423. The lowest BCUT2D eigenvalue weighted by atomic mass is 9.99. The number of hydrogen-bond acceptors (Lipinski definition) is 3. The fourth-order valence-corrected chi connectivity index (χ4v) is 2.00. The lowest BCUT2D eigenvalue weighted by Gasteiger charge is -2.27. The van der Waals surface area contributed by atoms with Gasteiger partial charge in [0.1, 0.15) is 10.3 Å². The van der Waals surface area contributed by atoms with Crippen LogP contribution in [0.3, 0.4) is 0 Å². The van der Waals surface area contributed by atoms with Gasteiger partial charge in [0, 0.05) is 5.54 Å². The van der Waals surface area contributed by atoms with Crippen LogP contribution in [0.15, 0.2) is 15.6 Å². The van der Waals surface area contributed by atoms with Gasteiger partial charge in [-0.2, -0.15) is 0 Å². The maximum absolute atomic E-state index is 11.3. The molecule has 15 heavy (non-hydrogen) atoms. The van der Waals surface area contributed by atoms with E-state index in [2.05, 4.69) is 45.1 Å². The normalized spacial score (nSPS) is 16.5. The van der Waals surface area contributed by atoms with E-state index in [-0.39, 0.29) is 11.1 Å². The highest BCUT2D eigenvalue weighted by molar-refractivity contribution is 9.10. The quantitative estimate of drug-likeness (QED) is 0.886. The molecule has 1 saturated carbocycles. The Hall–Kier alpha value is -0.840. The third kappa shape index (κ3) is 2.22. The van der Waals surface area contributed by atoms with Gasteiger partial charge in [-0.25, -0.2) is 4.98 Å². The van der Waals surface area contributed by atoms with E-state index >= 15 is 0 Å². The molecule has 1 aliphatic rings. The number of nitrogens with one attached hydrogen (secondary N) is 2. The molecule has 2 N–H and O–H groups in total. The topological polar surface area (TPSA) is 57.8 Å². The minimum absolute atomic E-state index is 0.00329. The maximum Gasteiger partial charge on any atom is 0.267 e. The largest absolute Gasteiger partial charge is 0.364 e. The summed E-state index contributed by atoms with van der Waals surface area (Å²) in [5.74, 6) is 1.31. The van der Waals surface area contributed by atoms with Crippen LogP contribution in [0.5, 0.6) is 0 Å². The molecule has 0 bridgehead atoms. The Kier molecular flexibility index (Phi) is 2.58. The molecule has 0 aromatic carbocycles. The van der Waals surface area contributed by atoms with E-state index in [0.717, 1.165) is 0 Å². The van der Waals surface area contributed by atoms with Crippen molar-refractivity contribution in [2.75, 3.05) is 5.32 Å². The molecule has 0 spiro atoms. The molecule has 0 unspecified atom stereocenters. The molecule has 4 nitrogen and oxygen atoms in total. The summed E-state index contributed by atoms with van der Waals surface area (Å²) in [6, 6.07) is 0. The molecule has 1 aromatic rings. The van der Waals surface area contributed by atoms with Gasteiger partial charge >= 0.3 is 0 Å². The third-order valence-corrected chi connectivity index (χ3v) is 3.57. The summed E-state index contributed by atoms with van der Waals surface area (Å²) >= 11 is 3.23. The molecule has 0 radical (unpaired) electrons. The van der Waals surface area contributed by atoms with Crippen molar-refractivity contribution in [1.29, 1.82) is 0 Å². The number of H-pyrrole nitrogens is 1. The highest BCUT2D eigenvalue weighted by Crippen LogP contribution is 2.41. The zero-order valence-electron chi connectivity index (χ0n) is 8.80. The number of aromatic nitrogens is 2. The van der Waals surface area contributed by atoms with E-state index in [1.807, 2.05) is 0 Å². The van der Waals surface area contributed by atoms with Gasteiger partial charge < -0.3 is 10.3 Å². The minimum Gasteiger partial charge on any atom is -0.364 e. The van der Waals surface area contributed by atoms with E-state index in [4.69, 9.17) is 0 Å². The first kappa shape index (κ1) is 10.7. The van der Waals surface area contributed by atoms with Crippen molar-refractivity contribution in [1.82, 2.24) is 9.97 Å². The van der Waals surface area contributed by atoms with Gasteiger partial charge in [-0.3, -0.25) is 4.79 Å². The highest BCUT2D eigenvalue weighted by atomic mass is 79.9. The third-order valence-electron chi connectivity index (χ3n) is 2.84. The van der Waals surface area contributed by atoms with E-state index in [0.29, 0.717) is 16.2 Å². The van der Waals surface area contributed by atoms with Crippen molar-refractivity contribution in [2.24, 2.45) is 5.92 Å². The first-order chi connectivity index (χ1) is 7.00. The molecule has 1 aliphatic carbocycles. The second-order valence-corrected chi connectivity index (χ2v) is 5.31.